The molecule has 3 amide bonds. The van der Waals surface area contributed by atoms with Crippen molar-refractivity contribution in [3.8, 4) is 0 Å². The molecule has 0 aromatic carbocycles. The monoisotopic (exact) mass is 364 g/mol. The number of carbonyl (C=O) groups is 4. The molecule has 3 aliphatic heterocycles. The molecule has 3 saturated heterocycles. The largest absolute Gasteiger partial charge is 0.369 e. The minimum Gasteiger partial charge on any atom is -0.369 e. The minimum atomic E-state index is -0.529. The van der Waals surface area contributed by atoms with Crippen LogP contribution in [0.1, 0.15) is 45.4 Å². The van der Waals surface area contributed by atoms with Crippen molar-refractivity contribution in [1.29, 1.82) is 0 Å². The van der Waals surface area contributed by atoms with Crippen LogP contribution in [0.3, 0.4) is 0 Å². The molecule has 0 spiro atoms. The van der Waals surface area contributed by atoms with Crippen molar-refractivity contribution < 1.29 is 19.2 Å². The van der Waals surface area contributed by atoms with E-state index < -0.39 is 11.9 Å². The lowest BCUT2D eigenvalue weighted by Crippen LogP contribution is -2.51. The van der Waals surface area contributed by atoms with Gasteiger partial charge in [-0.2, -0.15) is 0 Å². The molecule has 3 N–H and O–H groups in total. The quantitative estimate of drug-likeness (QED) is 0.677. The molecule has 4 unspecified atom stereocenters. The first-order valence-electron chi connectivity index (χ1n) is 9.55. The molecule has 3 aliphatic rings. The number of amides is 3. The fourth-order valence-electron chi connectivity index (χ4n) is 4.28. The zero-order valence-electron chi connectivity index (χ0n) is 15.3. The van der Waals surface area contributed by atoms with Gasteiger partial charge in [-0.3, -0.25) is 19.2 Å². The fraction of sp³-hybridized carbons (Fsp3) is 0.778. The van der Waals surface area contributed by atoms with Gasteiger partial charge in [-0.15, -0.1) is 0 Å². The smallest absolute Gasteiger partial charge is 0.240 e. The molecule has 0 saturated carbocycles. The second kappa shape index (κ2) is 7.73. The third kappa shape index (κ3) is 3.60. The maximum Gasteiger partial charge on any atom is 0.240 e. The van der Waals surface area contributed by atoms with Gasteiger partial charge in [0.2, 0.25) is 17.7 Å². The first-order valence-corrected chi connectivity index (χ1v) is 9.55. The van der Waals surface area contributed by atoms with Crippen molar-refractivity contribution in [2.24, 2.45) is 11.7 Å². The van der Waals surface area contributed by atoms with E-state index in [0.717, 1.165) is 25.8 Å². The van der Waals surface area contributed by atoms with E-state index in [4.69, 9.17) is 5.73 Å². The van der Waals surface area contributed by atoms with Crippen LogP contribution in [0.4, 0.5) is 0 Å². The molecule has 3 fully saturated rings. The Morgan fingerprint density at radius 1 is 1.23 bits per heavy atom. The average Bonchev–Trinajstić information content (AvgIpc) is 3.21. The Balaban J connectivity index is 1.62. The van der Waals surface area contributed by atoms with Crippen LogP contribution in [-0.4, -0.2) is 71.1 Å². The summed E-state index contributed by atoms with van der Waals surface area (Å²) >= 11 is 0. The summed E-state index contributed by atoms with van der Waals surface area (Å²) < 4.78 is 0. The molecule has 0 aliphatic carbocycles. The lowest BCUT2D eigenvalue weighted by atomic mass is 10.0. The van der Waals surface area contributed by atoms with Crippen molar-refractivity contribution in [2.45, 2.75) is 63.6 Å². The average molecular weight is 364 g/mol. The van der Waals surface area contributed by atoms with Crippen LogP contribution in [0, 0.1) is 5.92 Å². The van der Waals surface area contributed by atoms with Gasteiger partial charge in [-0.05, 0) is 32.2 Å². The summed E-state index contributed by atoms with van der Waals surface area (Å²) in [5.41, 5.74) is 5.24. The van der Waals surface area contributed by atoms with Crippen LogP contribution >= 0.6 is 0 Å². The summed E-state index contributed by atoms with van der Waals surface area (Å²) in [6, 6.07) is -0.952. The van der Waals surface area contributed by atoms with Crippen LogP contribution in [0.2, 0.25) is 0 Å². The number of nitrogens with two attached hydrogens (primary N) is 1. The van der Waals surface area contributed by atoms with Crippen LogP contribution in [0.25, 0.3) is 0 Å². The summed E-state index contributed by atoms with van der Waals surface area (Å²) in [4.78, 5) is 52.3. The van der Waals surface area contributed by atoms with E-state index in [0.29, 0.717) is 19.4 Å². The van der Waals surface area contributed by atoms with Crippen molar-refractivity contribution in [3.63, 3.8) is 0 Å². The van der Waals surface area contributed by atoms with Crippen molar-refractivity contribution in [2.75, 3.05) is 19.6 Å². The number of nitrogens with one attached hydrogen (secondary N) is 1. The highest BCUT2D eigenvalue weighted by atomic mass is 16.2. The highest BCUT2D eigenvalue weighted by Gasteiger charge is 2.51. The second-order valence-corrected chi connectivity index (χ2v) is 7.67. The Kier molecular flexibility index (Phi) is 5.60. The predicted molar refractivity (Wildman–Crippen MR) is 93.9 cm³/mol. The van der Waals surface area contributed by atoms with E-state index >= 15 is 0 Å². The summed E-state index contributed by atoms with van der Waals surface area (Å²) in [7, 11) is 0. The zero-order valence-corrected chi connectivity index (χ0v) is 15.3. The predicted octanol–water partition coefficient (Wildman–Crippen LogP) is -0.589. The molecule has 8 nitrogen and oxygen atoms in total. The molecule has 8 heteroatoms. The number of primary amides is 1. The highest BCUT2D eigenvalue weighted by molar-refractivity contribution is 5.98. The lowest BCUT2D eigenvalue weighted by Gasteiger charge is -2.30. The van der Waals surface area contributed by atoms with Gasteiger partial charge in [-0.25, -0.2) is 0 Å². The van der Waals surface area contributed by atoms with Crippen LogP contribution in [-0.2, 0) is 19.2 Å². The molecule has 3 rings (SSSR count). The molecule has 0 radical (unpaired) electrons. The van der Waals surface area contributed by atoms with Crippen LogP contribution < -0.4 is 11.1 Å². The highest BCUT2D eigenvalue weighted by Crippen LogP contribution is 2.31. The zero-order chi connectivity index (χ0) is 18.8. The van der Waals surface area contributed by atoms with Crippen LogP contribution in [0.15, 0.2) is 0 Å². The van der Waals surface area contributed by atoms with Gasteiger partial charge in [0.1, 0.15) is 6.04 Å². The Labute approximate surface area is 153 Å². The van der Waals surface area contributed by atoms with E-state index in [2.05, 4.69) is 5.32 Å². The van der Waals surface area contributed by atoms with Gasteiger partial charge in [0, 0.05) is 18.9 Å². The van der Waals surface area contributed by atoms with E-state index in [9.17, 15) is 19.2 Å². The third-order valence-corrected chi connectivity index (χ3v) is 5.91. The number of hydrogen-bond acceptors (Lipinski definition) is 5. The van der Waals surface area contributed by atoms with Gasteiger partial charge < -0.3 is 20.9 Å². The SMILES string of the molecule is CC(CCC(=O)N1CCC2C1C(=O)CN2C(=O)C1CCCCN1)C(N)=O. The van der Waals surface area contributed by atoms with Crippen molar-refractivity contribution >= 4 is 23.5 Å². The molecule has 144 valence electrons. The minimum absolute atomic E-state index is 0.0119. The number of Topliss-reactive ketones (excluding diaryl/α,β-unsaturated/α-hetero) is 1. The third-order valence-electron chi connectivity index (χ3n) is 5.91. The molecular weight excluding hydrogens is 336 g/mol. The van der Waals surface area contributed by atoms with Crippen molar-refractivity contribution in [3.05, 3.63) is 0 Å². The number of hydrogen-bond donors (Lipinski definition) is 2. The first-order chi connectivity index (χ1) is 12.4. The van der Waals surface area contributed by atoms with Gasteiger partial charge in [0.25, 0.3) is 0 Å². The summed E-state index contributed by atoms with van der Waals surface area (Å²) in [5, 5.41) is 3.24. The molecular formula is C18H28N4O4. The van der Waals surface area contributed by atoms with E-state index in [1.165, 1.54) is 0 Å². The molecule has 3 heterocycles. The lowest BCUT2D eigenvalue weighted by molar-refractivity contribution is -0.136. The fourth-order valence-corrected chi connectivity index (χ4v) is 4.28. The van der Waals surface area contributed by atoms with E-state index in [1.54, 1.807) is 16.7 Å². The Bertz CT molecular complexity index is 602. The number of piperidine rings is 1. The van der Waals surface area contributed by atoms with Gasteiger partial charge in [-0.1, -0.05) is 13.3 Å². The van der Waals surface area contributed by atoms with Gasteiger partial charge in [0.15, 0.2) is 5.78 Å². The molecule has 26 heavy (non-hydrogen) atoms. The maximum atomic E-state index is 12.8. The number of likely N-dealkylation sites (tertiary alicyclic amines) is 2. The second-order valence-electron chi connectivity index (χ2n) is 7.67. The first kappa shape index (κ1) is 18.8. The van der Waals surface area contributed by atoms with E-state index in [-0.39, 0.29) is 48.6 Å². The molecule has 4 atom stereocenters. The Hall–Kier alpha value is -1.96. The maximum absolute atomic E-state index is 12.8. The summed E-state index contributed by atoms with van der Waals surface area (Å²) in [6.07, 6.45) is 4.09. The standard InChI is InChI=1S/C18H28N4O4/c1-11(17(19)25)5-6-15(24)21-9-7-13-16(21)14(23)10-22(13)18(26)12-4-2-3-8-20-12/h11-13,16,20H,2-10H2,1H3,(H2,19,25). The van der Waals surface area contributed by atoms with E-state index in [1.807, 2.05) is 0 Å². The number of nitrogens with zero attached hydrogens (tertiary/aromatic N) is 2. The van der Waals surface area contributed by atoms with Gasteiger partial charge in [0.05, 0.1) is 18.6 Å². The van der Waals surface area contributed by atoms with Crippen LogP contribution in [0.5, 0.6) is 0 Å². The number of carbonyl (C=O) groups excluding carboxylic acids is 4. The topological polar surface area (TPSA) is 113 Å². The summed E-state index contributed by atoms with van der Waals surface area (Å²) in [6.45, 7) is 3.09. The Morgan fingerprint density at radius 2 is 2.00 bits per heavy atom. The number of fused-ring (bicyclic) bond motifs is 1. The normalized spacial score (nSPS) is 29.6. The molecule has 0 bridgehead atoms. The Morgan fingerprint density at radius 3 is 2.65 bits per heavy atom. The molecule has 0 aromatic heterocycles. The summed E-state index contributed by atoms with van der Waals surface area (Å²) in [5.74, 6) is -1.00. The number of ketones is 1. The van der Waals surface area contributed by atoms with Crippen molar-refractivity contribution in [1.82, 2.24) is 15.1 Å². The number of rotatable bonds is 5. The molecule has 0 aromatic rings. The van der Waals surface area contributed by atoms with Gasteiger partial charge >= 0.3 is 0 Å².